The van der Waals surface area contributed by atoms with E-state index in [1.807, 2.05) is 59.5 Å². The lowest BCUT2D eigenvalue weighted by Crippen LogP contribution is -2.47. The van der Waals surface area contributed by atoms with Gasteiger partial charge >= 0.3 is 0 Å². The van der Waals surface area contributed by atoms with Crippen LogP contribution in [0.5, 0.6) is 0 Å². The Kier molecular flexibility index (Phi) is 8.01. The van der Waals surface area contributed by atoms with Gasteiger partial charge < -0.3 is 10.6 Å². The highest BCUT2D eigenvalue weighted by atomic mass is 35.5. The Hall–Kier alpha value is -2.17. The van der Waals surface area contributed by atoms with Crippen molar-refractivity contribution >= 4 is 24.1 Å². The zero-order chi connectivity index (χ0) is 18.4. The summed E-state index contributed by atoms with van der Waals surface area (Å²) in [5.41, 5.74) is 8.64. The van der Waals surface area contributed by atoms with E-state index in [0.717, 1.165) is 36.9 Å². The molecule has 2 aromatic rings. The monoisotopic (exact) mass is 386 g/mol. The minimum Gasteiger partial charge on any atom is -0.338 e. The summed E-state index contributed by atoms with van der Waals surface area (Å²) in [6.07, 6.45) is 3.62. The average Bonchev–Trinajstić information content (AvgIpc) is 2.72. The fourth-order valence-electron chi connectivity index (χ4n) is 3.56. The number of Topliss-reactive ketones (excluding diaryl/α,β-unsaturated/α-hetero) is 1. The fourth-order valence-corrected chi connectivity index (χ4v) is 3.56. The first-order chi connectivity index (χ1) is 12.7. The summed E-state index contributed by atoms with van der Waals surface area (Å²) in [7, 11) is 0. The third-order valence-corrected chi connectivity index (χ3v) is 5.10. The molecule has 1 heterocycles. The maximum Gasteiger partial charge on any atom is 0.223 e. The normalized spacial score (nSPS) is 16.5. The second-order valence-electron chi connectivity index (χ2n) is 6.84. The molecule has 1 atom stereocenters. The lowest BCUT2D eigenvalue weighted by molar-refractivity contribution is -0.134. The summed E-state index contributed by atoms with van der Waals surface area (Å²) in [4.78, 5) is 26.8. The highest BCUT2D eigenvalue weighted by Crippen LogP contribution is 2.21. The molecule has 4 nitrogen and oxygen atoms in total. The number of piperidine rings is 1. The van der Waals surface area contributed by atoms with Gasteiger partial charge in [-0.15, -0.1) is 12.4 Å². The van der Waals surface area contributed by atoms with Crippen molar-refractivity contribution in [3.63, 3.8) is 0 Å². The molecule has 1 aliphatic rings. The van der Waals surface area contributed by atoms with Crippen molar-refractivity contribution in [2.45, 2.75) is 38.1 Å². The summed E-state index contributed by atoms with van der Waals surface area (Å²) < 4.78 is 0. The Morgan fingerprint density at radius 1 is 0.926 bits per heavy atom. The average molecular weight is 387 g/mol. The Bertz CT molecular complexity index is 747. The van der Waals surface area contributed by atoms with Crippen LogP contribution in [0.2, 0.25) is 0 Å². The van der Waals surface area contributed by atoms with Crippen LogP contribution < -0.4 is 5.73 Å². The molecule has 0 aromatic heterocycles. The molecule has 1 saturated heterocycles. The zero-order valence-electron chi connectivity index (χ0n) is 15.5. The van der Waals surface area contributed by atoms with Crippen molar-refractivity contribution in [1.82, 2.24) is 4.90 Å². The van der Waals surface area contributed by atoms with Crippen LogP contribution in [0.1, 0.15) is 42.5 Å². The van der Waals surface area contributed by atoms with E-state index in [2.05, 4.69) is 0 Å². The largest absolute Gasteiger partial charge is 0.338 e. The maximum absolute atomic E-state index is 12.5. The number of nitrogens with zero attached hydrogens (tertiary/aromatic N) is 1. The van der Waals surface area contributed by atoms with Gasteiger partial charge in [0, 0.05) is 37.5 Å². The number of benzene rings is 2. The molecule has 27 heavy (non-hydrogen) atoms. The van der Waals surface area contributed by atoms with E-state index in [1.54, 1.807) is 0 Å². The maximum atomic E-state index is 12.5. The minimum absolute atomic E-state index is 0. The lowest BCUT2D eigenvalue weighted by atomic mass is 9.99. The topological polar surface area (TPSA) is 63.4 Å². The van der Waals surface area contributed by atoms with Crippen molar-refractivity contribution in [3.05, 3.63) is 60.2 Å². The smallest absolute Gasteiger partial charge is 0.223 e. The number of carbonyl (C=O) groups is 2. The van der Waals surface area contributed by atoms with Crippen LogP contribution in [-0.2, 0) is 4.79 Å². The molecule has 1 aliphatic heterocycles. The van der Waals surface area contributed by atoms with Gasteiger partial charge in [-0.1, -0.05) is 54.6 Å². The van der Waals surface area contributed by atoms with E-state index in [9.17, 15) is 9.59 Å². The van der Waals surface area contributed by atoms with Crippen molar-refractivity contribution < 1.29 is 9.59 Å². The Morgan fingerprint density at radius 3 is 2.26 bits per heavy atom. The van der Waals surface area contributed by atoms with Crippen molar-refractivity contribution in [3.8, 4) is 11.1 Å². The molecule has 3 rings (SSSR count). The molecule has 0 saturated carbocycles. The van der Waals surface area contributed by atoms with Gasteiger partial charge in [-0.2, -0.15) is 0 Å². The third kappa shape index (κ3) is 5.41. The molecular formula is C22H27ClN2O2. The number of hydrogen-bond donors (Lipinski definition) is 1. The number of halogens is 1. The van der Waals surface area contributed by atoms with Gasteiger partial charge in [0.05, 0.1) is 0 Å². The van der Waals surface area contributed by atoms with Gasteiger partial charge in [0.25, 0.3) is 0 Å². The molecule has 0 spiro atoms. The number of rotatable bonds is 6. The molecule has 5 heteroatoms. The molecule has 0 aliphatic carbocycles. The molecule has 0 bridgehead atoms. The van der Waals surface area contributed by atoms with Gasteiger partial charge in [0.15, 0.2) is 5.78 Å². The number of nitrogens with two attached hydrogens (primary N) is 1. The summed E-state index contributed by atoms with van der Waals surface area (Å²) in [6, 6.07) is 17.8. The van der Waals surface area contributed by atoms with E-state index in [1.165, 1.54) is 0 Å². The van der Waals surface area contributed by atoms with Gasteiger partial charge in [0.1, 0.15) is 0 Å². The van der Waals surface area contributed by atoms with E-state index >= 15 is 0 Å². The minimum atomic E-state index is 0. The molecule has 2 N–H and O–H groups in total. The van der Waals surface area contributed by atoms with Crippen LogP contribution in [0.25, 0.3) is 11.1 Å². The first-order valence-corrected chi connectivity index (χ1v) is 9.37. The third-order valence-electron chi connectivity index (χ3n) is 5.10. The number of carbonyl (C=O) groups excluding carboxylic acids is 2. The van der Waals surface area contributed by atoms with E-state index < -0.39 is 0 Å². The summed E-state index contributed by atoms with van der Waals surface area (Å²) in [5.74, 6) is 0.0636. The molecule has 144 valence electrons. The zero-order valence-corrected chi connectivity index (χ0v) is 16.3. The summed E-state index contributed by atoms with van der Waals surface area (Å²) >= 11 is 0. The van der Waals surface area contributed by atoms with Crippen LogP contribution in [0.15, 0.2) is 54.6 Å². The Labute approximate surface area is 167 Å². The van der Waals surface area contributed by atoms with Gasteiger partial charge in [0.2, 0.25) is 5.91 Å². The predicted molar refractivity (Wildman–Crippen MR) is 111 cm³/mol. The lowest BCUT2D eigenvalue weighted by Gasteiger charge is -2.35. The highest BCUT2D eigenvalue weighted by molar-refractivity contribution is 5.98. The van der Waals surface area contributed by atoms with Crippen molar-refractivity contribution in [2.24, 2.45) is 5.73 Å². The second kappa shape index (κ2) is 10.2. The second-order valence-corrected chi connectivity index (χ2v) is 6.84. The number of amides is 1. The SMILES string of the molecule is Cl.NCC1CCCCN1C(=O)CCC(=O)c1ccc(-c2ccccc2)cc1. The van der Waals surface area contributed by atoms with Crippen molar-refractivity contribution in [2.75, 3.05) is 13.1 Å². The summed E-state index contributed by atoms with van der Waals surface area (Å²) in [5, 5.41) is 0. The molecule has 1 amide bonds. The Balaban J connectivity index is 0.00000261. The molecular weight excluding hydrogens is 360 g/mol. The fraction of sp³-hybridized carbons (Fsp3) is 0.364. The molecule has 0 radical (unpaired) electrons. The standard InChI is InChI=1S/C22H26N2O2.ClH/c23-16-20-8-4-5-15-24(20)22(26)14-13-21(25)19-11-9-18(10-12-19)17-6-2-1-3-7-17;/h1-3,6-7,9-12,20H,4-5,8,13-16,23H2;1H. The van der Waals surface area contributed by atoms with Crippen LogP contribution in [0, 0.1) is 0 Å². The van der Waals surface area contributed by atoms with Crippen molar-refractivity contribution in [1.29, 1.82) is 0 Å². The Morgan fingerprint density at radius 2 is 1.59 bits per heavy atom. The van der Waals surface area contributed by atoms with E-state index in [4.69, 9.17) is 5.73 Å². The van der Waals surface area contributed by atoms with Crippen LogP contribution in [0.4, 0.5) is 0 Å². The van der Waals surface area contributed by atoms with Gasteiger partial charge in [-0.25, -0.2) is 0 Å². The first kappa shape index (κ1) is 21.1. The quantitative estimate of drug-likeness (QED) is 0.761. The number of hydrogen-bond acceptors (Lipinski definition) is 3. The predicted octanol–water partition coefficient (Wildman–Crippen LogP) is 4.08. The van der Waals surface area contributed by atoms with Gasteiger partial charge in [-0.05, 0) is 30.4 Å². The molecule has 1 unspecified atom stereocenters. The van der Waals surface area contributed by atoms with E-state index in [0.29, 0.717) is 12.1 Å². The molecule has 1 fully saturated rings. The number of ketones is 1. The van der Waals surface area contributed by atoms with Gasteiger partial charge in [-0.3, -0.25) is 9.59 Å². The number of likely N-dealkylation sites (tertiary alicyclic amines) is 1. The summed E-state index contributed by atoms with van der Waals surface area (Å²) in [6.45, 7) is 1.27. The first-order valence-electron chi connectivity index (χ1n) is 9.37. The van der Waals surface area contributed by atoms with Crippen LogP contribution >= 0.6 is 12.4 Å². The van der Waals surface area contributed by atoms with Crippen LogP contribution in [0.3, 0.4) is 0 Å². The van der Waals surface area contributed by atoms with E-state index in [-0.39, 0.29) is 43.0 Å². The molecule has 2 aromatic carbocycles. The highest BCUT2D eigenvalue weighted by Gasteiger charge is 2.25. The van der Waals surface area contributed by atoms with Crippen LogP contribution in [-0.4, -0.2) is 35.7 Å².